The summed E-state index contributed by atoms with van der Waals surface area (Å²) in [6.07, 6.45) is 1.95. The van der Waals surface area contributed by atoms with Crippen molar-refractivity contribution in [3.8, 4) is 0 Å². The molecule has 0 amide bonds. The highest BCUT2D eigenvalue weighted by molar-refractivity contribution is 6.35. The van der Waals surface area contributed by atoms with Gasteiger partial charge in [-0.1, -0.05) is 41.4 Å². The first-order valence-corrected chi connectivity index (χ1v) is 6.58. The van der Waals surface area contributed by atoms with E-state index >= 15 is 0 Å². The smallest absolute Gasteiger partial charge is 0.142 e. The van der Waals surface area contributed by atoms with Crippen LogP contribution in [0.2, 0.25) is 10.0 Å². The molecule has 3 aromatic rings. The van der Waals surface area contributed by atoms with Gasteiger partial charge in [-0.05, 0) is 29.8 Å². The van der Waals surface area contributed by atoms with Gasteiger partial charge in [-0.3, -0.25) is 0 Å². The fourth-order valence-electron chi connectivity index (χ4n) is 2.18. The van der Waals surface area contributed by atoms with Crippen molar-refractivity contribution in [3.05, 3.63) is 70.1 Å². The van der Waals surface area contributed by atoms with Crippen molar-refractivity contribution >= 4 is 34.1 Å². The van der Waals surface area contributed by atoms with Gasteiger partial charge in [0.2, 0.25) is 0 Å². The minimum atomic E-state index is -0.401. The molecule has 0 fully saturated rings. The fraction of sp³-hybridized carbons (Fsp3) is 0.0667. The molecule has 0 aliphatic rings. The Morgan fingerprint density at radius 2 is 1.84 bits per heavy atom. The second-order valence-electron chi connectivity index (χ2n) is 4.37. The molecule has 2 aromatic carbocycles. The molecule has 0 bridgehead atoms. The molecule has 19 heavy (non-hydrogen) atoms. The Balaban J connectivity index is 2.03. The molecule has 0 spiro atoms. The summed E-state index contributed by atoms with van der Waals surface area (Å²) in [4.78, 5) is 0. The Morgan fingerprint density at radius 3 is 2.63 bits per heavy atom. The molecule has 0 saturated carbocycles. The number of hydrogen-bond donors (Lipinski definition) is 0. The highest BCUT2D eigenvalue weighted by atomic mass is 35.5. The van der Waals surface area contributed by atoms with E-state index in [-0.39, 0.29) is 5.02 Å². The molecule has 0 N–H and O–H groups in total. The van der Waals surface area contributed by atoms with Crippen LogP contribution in [0.25, 0.3) is 10.9 Å². The van der Waals surface area contributed by atoms with Crippen molar-refractivity contribution in [2.24, 2.45) is 0 Å². The minimum absolute atomic E-state index is 0.138. The van der Waals surface area contributed by atoms with Gasteiger partial charge in [-0.15, -0.1) is 0 Å². The first kappa shape index (κ1) is 12.5. The molecule has 0 atom stereocenters. The minimum Gasteiger partial charge on any atom is -0.342 e. The average Bonchev–Trinajstić information content (AvgIpc) is 2.79. The molecule has 1 aromatic heterocycles. The molecule has 1 heterocycles. The Labute approximate surface area is 120 Å². The van der Waals surface area contributed by atoms with E-state index in [0.29, 0.717) is 11.6 Å². The number of hydrogen-bond acceptors (Lipinski definition) is 0. The monoisotopic (exact) mass is 293 g/mol. The van der Waals surface area contributed by atoms with Crippen LogP contribution in [-0.4, -0.2) is 4.57 Å². The molecular weight excluding hydrogens is 284 g/mol. The molecule has 0 aliphatic heterocycles. The van der Waals surface area contributed by atoms with E-state index in [2.05, 4.69) is 0 Å². The third kappa shape index (κ3) is 2.34. The van der Waals surface area contributed by atoms with Gasteiger partial charge in [0, 0.05) is 18.1 Å². The second kappa shape index (κ2) is 4.87. The van der Waals surface area contributed by atoms with E-state index in [1.165, 1.54) is 6.07 Å². The molecular formula is C15H10Cl2FN. The fourth-order valence-corrected chi connectivity index (χ4v) is 2.59. The van der Waals surface area contributed by atoms with Crippen molar-refractivity contribution in [1.82, 2.24) is 4.57 Å². The predicted molar refractivity (Wildman–Crippen MR) is 77.5 cm³/mol. The molecule has 0 saturated heterocycles. The summed E-state index contributed by atoms with van der Waals surface area (Å²) in [5.74, 6) is -0.401. The van der Waals surface area contributed by atoms with Crippen LogP contribution < -0.4 is 0 Å². The zero-order valence-corrected chi connectivity index (χ0v) is 11.4. The van der Waals surface area contributed by atoms with Crippen LogP contribution in [0.15, 0.2) is 48.7 Å². The van der Waals surface area contributed by atoms with Crippen molar-refractivity contribution in [2.45, 2.75) is 6.54 Å². The van der Waals surface area contributed by atoms with Gasteiger partial charge in [0.05, 0.1) is 15.6 Å². The summed E-state index contributed by atoms with van der Waals surface area (Å²) in [5.41, 5.74) is 1.80. The lowest BCUT2D eigenvalue weighted by Gasteiger charge is -2.07. The molecule has 0 aliphatic carbocycles. The molecule has 0 unspecified atom stereocenters. The number of benzene rings is 2. The lowest BCUT2D eigenvalue weighted by Crippen LogP contribution is -1.98. The molecule has 4 heteroatoms. The predicted octanol–water partition coefficient (Wildman–Crippen LogP) is 5.14. The summed E-state index contributed by atoms with van der Waals surface area (Å²) < 4.78 is 15.4. The van der Waals surface area contributed by atoms with E-state index in [1.807, 2.05) is 41.1 Å². The van der Waals surface area contributed by atoms with E-state index in [1.54, 1.807) is 6.07 Å². The van der Waals surface area contributed by atoms with Gasteiger partial charge in [0.1, 0.15) is 5.82 Å². The van der Waals surface area contributed by atoms with Crippen molar-refractivity contribution in [1.29, 1.82) is 0 Å². The van der Waals surface area contributed by atoms with Crippen molar-refractivity contribution in [2.75, 3.05) is 0 Å². The summed E-state index contributed by atoms with van der Waals surface area (Å²) in [6, 6.07) is 12.6. The van der Waals surface area contributed by atoms with Crippen LogP contribution in [0.1, 0.15) is 5.56 Å². The lowest BCUT2D eigenvalue weighted by atomic mass is 10.2. The standard InChI is InChI=1S/C15H10Cl2FN/c16-12-5-4-10(8-14(12)18)9-19-7-6-11-2-1-3-13(17)15(11)19/h1-8H,9H2. The maximum absolute atomic E-state index is 13.4. The van der Waals surface area contributed by atoms with E-state index < -0.39 is 5.82 Å². The largest absolute Gasteiger partial charge is 0.342 e. The maximum Gasteiger partial charge on any atom is 0.142 e. The Kier molecular flexibility index (Phi) is 3.21. The first-order valence-electron chi connectivity index (χ1n) is 5.82. The average molecular weight is 294 g/mol. The number of aromatic nitrogens is 1. The van der Waals surface area contributed by atoms with Gasteiger partial charge < -0.3 is 4.57 Å². The molecule has 0 radical (unpaired) electrons. The van der Waals surface area contributed by atoms with Crippen LogP contribution in [-0.2, 0) is 6.54 Å². The van der Waals surface area contributed by atoms with Gasteiger partial charge in [0.25, 0.3) is 0 Å². The highest BCUT2D eigenvalue weighted by Gasteiger charge is 2.07. The van der Waals surface area contributed by atoms with E-state index in [9.17, 15) is 4.39 Å². The van der Waals surface area contributed by atoms with Gasteiger partial charge >= 0.3 is 0 Å². The maximum atomic E-state index is 13.4. The van der Waals surface area contributed by atoms with Crippen LogP contribution >= 0.6 is 23.2 Å². The zero-order valence-electron chi connectivity index (χ0n) is 9.91. The molecule has 3 rings (SSSR count). The third-order valence-electron chi connectivity index (χ3n) is 3.08. The topological polar surface area (TPSA) is 4.93 Å². The van der Waals surface area contributed by atoms with E-state index in [0.717, 1.165) is 16.5 Å². The summed E-state index contributed by atoms with van der Waals surface area (Å²) in [6.45, 7) is 0.557. The first-order chi connectivity index (χ1) is 9.15. The number of halogens is 3. The normalized spacial score (nSPS) is 11.1. The van der Waals surface area contributed by atoms with Crippen LogP contribution in [0.3, 0.4) is 0 Å². The Morgan fingerprint density at radius 1 is 1.00 bits per heavy atom. The summed E-state index contributed by atoms with van der Waals surface area (Å²) >= 11 is 11.9. The van der Waals surface area contributed by atoms with E-state index in [4.69, 9.17) is 23.2 Å². The summed E-state index contributed by atoms with van der Waals surface area (Å²) in [7, 11) is 0. The third-order valence-corrected chi connectivity index (χ3v) is 3.69. The van der Waals surface area contributed by atoms with Gasteiger partial charge in [-0.25, -0.2) is 4.39 Å². The Bertz CT molecular complexity index is 749. The van der Waals surface area contributed by atoms with Crippen LogP contribution in [0.5, 0.6) is 0 Å². The highest BCUT2D eigenvalue weighted by Crippen LogP contribution is 2.25. The van der Waals surface area contributed by atoms with Crippen molar-refractivity contribution < 1.29 is 4.39 Å². The summed E-state index contributed by atoms with van der Waals surface area (Å²) in [5, 5.41) is 1.90. The lowest BCUT2D eigenvalue weighted by molar-refractivity contribution is 0.624. The second-order valence-corrected chi connectivity index (χ2v) is 5.18. The zero-order chi connectivity index (χ0) is 13.4. The number of nitrogens with zero attached hydrogens (tertiary/aromatic N) is 1. The van der Waals surface area contributed by atoms with Crippen molar-refractivity contribution in [3.63, 3.8) is 0 Å². The number of para-hydroxylation sites is 1. The van der Waals surface area contributed by atoms with Gasteiger partial charge in [0.15, 0.2) is 0 Å². The Hall–Kier alpha value is -1.51. The molecule has 96 valence electrons. The van der Waals surface area contributed by atoms with Crippen LogP contribution in [0, 0.1) is 5.82 Å². The van der Waals surface area contributed by atoms with Gasteiger partial charge in [-0.2, -0.15) is 0 Å². The molecule has 1 nitrogen and oxygen atoms in total. The number of rotatable bonds is 2. The SMILES string of the molecule is Fc1cc(Cn2ccc3cccc(Cl)c32)ccc1Cl. The quantitative estimate of drug-likeness (QED) is 0.617. The van der Waals surface area contributed by atoms with Crippen LogP contribution in [0.4, 0.5) is 4.39 Å². The number of fused-ring (bicyclic) bond motifs is 1.